The molecule has 0 radical (unpaired) electrons. The highest BCUT2D eigenvalue weighted by atomic mass is 16.7. The standard InChI is InChI=1S/C79H133N3O24/c1-10-18-65-52-59(2)51-60(3)53-71(90-8)76-72(91-9)55-63(6)79(88,106-76)57-74(85)82-28-17-16-21-67(82)77(86)105-75(61(4)22-24-68(65)83)62(5)54-64-23-25-69(70(56-64)89-7)104-78(87)81-27-30-93-32-34-95-36-38-97-40-42-99-44-46-101-48-50-102-49-47-100-45-43-98-41-39-96-37-35-94-33-31-92-29-26-80-73(84)58-103-66-19-14-12-11-13-15-20-66/h10,52,54,59-61,63-64,66-67,69-72,75-76,88H,1,11-14,16-19,21-51,53,55-58H2,2-9H3,(H,80,84)(H,81,87)/b62-54?,65-52+. The third-order valence-corrected chi connectivity index (χ3v) is 19.8. The number of hydrogen-bond donors (Lipinski definition) is 3. The highest BCUT2D eigenvalue weighted by Gasteiger charge is 2.51. The van der Waals surface area contributed by atoms with Gasteiger partial charge in [-0.1, -0.05) is 58.3 Å². The molecule has 2 bridgehead atoms. The topological polar surface area (TPSA) is 299 Å². The second-order valence-corrected chi connectivity index (χ2v) is 28.4. The van der Waals surface area contributed by atoms with Gasteiger partial charge in [-0.05, 0) is 132 Å². The number of ether oxygens (including phenoxy) is 18. The summed E-state index contributed by atoms with van der Waals surface area (Å²) >= 11 is 0. The van der Waals surface area contributed by atoms with Crippen LogP contribution >= 0.6 is 0 Å². The molecule has 106 heavy (non-hydrogen) atoms. The molecule has 2 aliphatic carbocycles. The van der Waals surface area contributed by atoms with Crippen LogP contribution in [0.1, 0.15) is 150 Å². The Kier molecular flexibility index (Phi) is 48.4. The number of carbonyl (C=O) groups is 5. The molecule has 5 aliphatic rings. The van der Waals surface area contributed by atoms with Crippen molar-refractivity contribution in [1.29, 1.82) is 0 Å². The summed E-state index contributed by atoms with van der Waals surface area (Å²) in [4.78, 5) is 69.9. The van der Waals surface area contributed by atoms with Crippen LogP contribution in [0, 0.1) is 41.4 Å². The van der Waals surface area contributed by atoms with Gasteiger partial charge in [-0.25, -0.2) is 9.59 Å². The second kappa shape index (κ2) is 55.8. The number of carbonyl (C=O) groups excluding carboxylic acids is 5. The van der Waals surface area contributed by atoms with Gasteiger partial charge in [0.25, 0.3) is 0 Å². The zero-order chi connectivity index (χ0) is 76.4. The predicted molar refractivity (Wildman–Crippen MR) is 396 cm³/mol. The zero-order valence-electron chi connectivity index (χ0n) is 65.3. The van der Waals surface area contributed by atoms with Crippen LogP contribution in [0.25, 0.3) is 0 Å². The summed E-state index contributed by atoms with van der Waals surface area (Å²) in [5, 5.41) is 17.9. The fourth-order valence-electron chi connectivity index (χ4n) is 13.9. The summed E-state index contributed by atoms with van der Waals surface area (Å²) in [7, 11) is 4.84. The van der Waals surface area contributed by atoms with Crippen molar-refractivity contribution in [3.8, 4) is 11.8 Å². The first-order valence-electron chi connectivity index (χ1n) is 39.2. The Bertz CT molecular complexity index is 2570. The molecule has 608 valence electrons. The molecule has 3 amide bonds. The number of piperidine rings is 1. The number of Topliss-reactive ketones (excluding diaryl/α,β-unsaturated/α-hetero) is 1. The lowest BCUT2D eigenvalue weighted by Gasteiger charge is -2.48. The van der Waals surface area contributed by atoms with Crippen molar-refractivity contribution < 1.29 is 114 Å². The molecule has 2 saturated heterocycles. The number of hydrogen-bond acceptors (Lipinski definition) is 24. The summed E-state index contributed by atoms with van der Waals surface area (Å²) in [6.07, 6.45) is 13.3. The molecule has 3 heterocycles. The Balaban J connectivity index is 0.863. The highest BCUT2D eigenvalue weighted by molar-refractivity contribution is 5.95. The van der Waals surface area contributed by atoms with Gasteiger partial charge in [0.2, 0.25) is 11.8 Å². The van der Waals surface area contributed by atoms with E-state index in [-0.39, 0.29) is 74.1 Å². The molecule has 5 rings (SSSR count). The quantitative estimate of drug-likeness (QED) is 0.0226. The second-order valence-electron chi connectivity index (χ2n) is 28.4. The van der Waals surface area contributed by atoms with Crippen LogP contribution in [-0.4, -0.2) is 287 Å². The largest absolute Gasteiger partial charge is 0.456 e. The number of alkyl carbamates (subject to hydrolysis) is 1. The van der Waals surface area contributed by atoms with E-state index in [9.17, 15) is 29.1 Å². The van der Waals surface area contributed by atoms with E-state index in [1.165, 1.54) is 0 Å². The van der Waals surface area contributed by atoms with Gasteiger partial charge in [0.1, 0.15) is 37.1 Å². The third-order valence-electron chi connectivity index (χ3n) is 19.8. The average Bonchev–Trinajstić information content (AvgIpc) is 0.789. The Hall–Kier alpha value is -4.55. The molecule has 14 atom stereocenters. The fraction of sp³-hybridized carbons (Fsp3) is 0.835. The van der Waals surface area contributed by atoms with Crippen molar-refractivity contribution in [1.82, 2.24) is 15.5 Å². The van der Waals surface area contributed by atoms with Gasteiger partial charge >= 0.3 is 12.1 Å². The normalized spacial score (nSPS) is 28.1. The van der Waals surface area contributed by atoms with Gasteiger partial charge in [-0.2, -0.15) is 0 Å². The maximum Gasteiger partial charge on any atom is 0.407 e. The van der Waals surface area contributed by atoms with Crippen molar-refractivity contribution >= 4 is 29.7 Å². The lowest BCUT2D eigenvalue weighted by Crippen LogP contribution is -2.59. The first-order valence-corrected chi connectivity index (χ1v) is 39.2. The molecule has 0 aromatic rings. The Labute approximate surface area is 632 Å². The van der Waals surface area contributed by atoms with E-state index in [0.29, 0.717) is 222 Å². The van der Waals surface area contributed by atoms with E-state index in [0.717, 1.165) is 44.1 Å². The first-order chi connectivity index (χ1) is 51.5. The Morgan fingerprint density at radius 3 is 1.70 bits per heavy atom. The van der Waals surface area contributed by atoms with Crippen LogP contribution in [0.2, 0.25) is 0 Å². The van der Waals surface area contributed by atoms with E-state index < -0.39 is 72.3 Å². The summed E-state index contributed by atoms with van der Waals surface area (Å²) in [6.45, 7) is 24.3. The summed E-state index contributed by atoms with van der Waals surface area (Å²) in [6, 6.07) is -0.884. The van der Waals surface area contributed by atoms with Crippen molar-refractivity contribution in [2.24, 2.45) is 29.6 Å². The summed E-state index contributed by atoms with van der Waals surface area (Å²) in [5.74, 6) is 2.73. The minimum Gasteiger partial charge on any atom is -0.456 e. The molecule has 27 heteroatoms. The molecule has 14 unspecified atom stereocenters. The monoisotopic (exact) mass is 1510 g/mol. The molecule has 27 nitrogen and oxygen atoms in total. The average molecular weight is 1510 g/mol. The highest BCUT2D eigenvalue weighted by Crippen LogP contribution is 2.41. The van der Waals surface area contributed by atoms with Crippen LogP contribution in [0.4, 0.5) is 4.79 Å². The van der Waals surface area contributed by atoms with Crippen molar-refractivity contribution in [2.75, 3.05) is 193 Å². The van der Waals surface area contributed by atoms with Gasteiger partial charge in [0, 0.05) is 59.7 Å². The number of nitrogens with zero attached hydrogens (tertiary/aromatic N) is 1. The minimum atomic E-state index is -1.84. The van der Waals surface area contributed by atoms with E-state index >= 15 is 0 Å². The molecule has 3 aliphatic heterocycles. The maximum absolute atomic E-state index is 14.7. The predicted octanol–water partition coefficient (Wildman–Crippen LogP) is 7.87. The number of fused-ring (bicyclic) bond motifs is 3. The lowest BCUT2D eigenvalue weighted by atomic mass is 9.82. The van der Waals surface area contributed by atoms with E-state index in [2.05, 4.69) is 55.1 Å². The van der Waals surface area contributed by atoms with Crippen LogP contribution < -0.4 is 10.6 Å². The molecular weight excluding hydrogens is 1370 g/mol. The van der Waals surface area contributed by atoms with Gasteiger partial charge in [-0.15, -0.1) is 12.5 Å². The molecule has 0 aromatic carbocycles. The number of amides is 3. The number of ketones is 1. The molecule has 0 spiro atoms. The van der Waals surface area contributed by atoms with Crippen LogP contribution in [0.15, 0.2) is 36.0 Å². The zero-order valence-corrected chi connectivity index (χ0v) is 65.3. The SMILES string of the molecule is C=CC/C1=C\C(C)CC(C)CC(OC)C2OC(O)(CC(=O)N3CCCCC3C(=O)OC(C(C)=CC3CCC(OC(=O)NCCOCCOCCOCCOCCOCCOCCOCCOCCOCCOCCOCCNC(=O)COC4C#CCCCCC4)C(OC)C3)C(C)CCC1=O)C(C)CC2OC. The molecule has 0 aromatic heterocycles. The molecule has 1 saturated carbocycles. The van der Waals surface area contributed by atoms with Crippen molar-refractivity contribution in [3.05, 3.63) is 36.0 Å². The first kappa shape index (κ1) is 92.1. The van der Waals surface area contributed by atoms with Crippen molar-refractivity contribution in [3.63, 3.8) is 0 Å². The lowest BCUT2D eigenvalue weighted by molar-refractivity contribution is -0.321. The number of nitrogens with one attached hydrogen (secondary N) is 2. The third kappa shape index (κ3) is 37.4. The van der Waals surface area contributed by atoms with Gasteiger partial charge < -0.3 is 106 Å². The minimum absolute atomic E-state index is 0.00753. The Morgan fingerprint density at radius 2 is 1.15 bits per heavy atom. The molecule has 3 fully saturated rings. The van der Waals surface area contributed by atoms with E-state index in [1.807, 2.05) is 20.8 Å². The fourth-order valence-corrected chi connectivity index (χ4v) is 13.9. The summed E-state index contributed by atoms with van der Waals surface area (Å²) in [5.41, 5.74) is 1.51. The summed E-state index contributed by atoms with van der Waals surface area (Å²) < 4.78 is 104. The Morgan fingerprint density at radius 1 is 0.623 bits per heavy atom. The van der Waals surface area contributed by atoms with Crippen LogP contribution in [0.5, 0.6) is 0 Å². The number of esters is 1. The number of cyclic esters (lactones) is 1. The number of methoxy groups -OCH3 is 3. The van der Waals surface area contributed by atoms with Crippen molar-refractivity contribution in [2.45, 2.75) is 205 Å². The van der Waals surface area contributed by atoms with Gasteiger partial charge in [0.05, 0.1) is 170 Å². The van der Waals surface area contributed by atoms with E-state index in [1.54, 1.807) is 32.3 Å². The van der Waals surface area contributed by atoms with Gasteiger partial charge in [0.15, 0.2) is 11.6 Å². The van der Waals surface area contributed by atoms with E-state index in [4.69, 9.17) is 85.3 Å². The van der Waals surface area contributed by atoms with Gasteiger partial charge in [-0.3, -0.25) is 14.4 Å². The van der Waals surface area contributed by atoms with Crippen LogP contribution in [-0.2, 0) is 104 Å². The molecule has 3 N–H and O–H groups in total. The van der Waals surface area contributed by atoms with Crippen LogP contribution in [0.3, 0.4) is 0 Å². The number of allylic oxidation sites excluding steroid dienone is 4. The number of aliphatic hydroxyl groups is 1. The smallest absolute Gasteiger partial charge is 0.407 e. The maximum atomic E-state index is 14.7. The number of rotatable bonds is 47. The molecular formula is C79H133N3O24.